The van der Waals surface area contributed by atoms with Gasteiger partial charge < -0.3 is 5.32 Å². The summed E-state index contributed by atoms with van der Waals surface area (Å²) in [6, 6.07) is 5.20. The van der Waals surface area contributed by atoms with Crippen molar-refractivity contribution < 1.29 is 13.2 Å². The van der Waals surface area contributed by atoms with Gasteiger partial charge in [-0.15, -0.1) is 28.3 Å². The summed E-state index contributed by atoms with van der Waals surface area (Å²) in [6.45, 7) is 2.00. The molecule has 2 nitrogen and oxygen atoms in total. The van der Waals surface area contributed by atoms with Crippen LogP contribution >= 0.6 is 28.3 Å². The van der Waals surface area contributed by atoms with Gasteiger partial charge in [-0.3, -0.25) is 0 Å². The minimum absolute atomic E-state index is 0. The lowest BCUT2D eigenvalue weighted by atomic mass is 9.99. The van der Waals surface area contributed by atoms with Crippen LogP contribution in [0.2, 0.25) is 0 Å². The highest BCUT2D eigenvalue weighted by Crippen LogP contribution is 2.33. The van der Waals surface area contributed by atoms with Crippen LogP contribution in [0.1, 0.15) is 29.3 Å². The second kappa shape index (κ2) is 7.10. The SMILES string of the molecule is Br.FC(F)(F)c1ccc(-c2csc(C3CCNCC3)n2)cc1. The van der Waals surface area contributed by atoms with Crippen LogP contribution in [0.4, 0.5) is 13.2 Å². The Bertz CT molecular complexity index is 604. The van der Waals surface area contributed by atoms with Crippen molar-refractivity contribution in [2.24, 2.45) is 0 Å². The topological polar surface area (TPSA) is 24.9 Å². The molecule has 0 bridgehead atoms. The molecule has 0 saturated carbocycles. The first kappa shape index (κ1) is 17.4. The van der Waals surface area contributed by atoms with Gasteiger partial charge in [-0.1, -0.05) is 12.1 Å². The Morgan fingerprint density at radius 1 is 1.09 bits per heavy atom. The van der Waals surface area contributed by atoms with Crippen LogP contribution in [0.5, 0.6) is 0 Å². The summed E-state index contributed by atoms with van der Waals surface area (Å²) in [7, 11) is 0. The van der Waals surface area contributed by atoms with Crippen molar-refractivity contribution in [3.63, 3.8) is 0 Å². The summed E-state index contributed by atoms with van der Waals surface area (Å²) in [5, 5.41) is 6.33. The number of benzene rings is 1. The molecule has 3 rings (SSSR count). The molecular weight excluding hydrogens is 377 g/mol. The van der Waals surface area contributed by atoms with Crippen LogP contribution in [0.25, 0.3) is 11.3 Å². The Balaban J connectivity index is 0.00000176. The van der Waals surface area contributed by atoms with Crippen molar-refractivity contribution in [2.45, 2.75) is 24.9 Å². The summed E-state index contributed by atoms with van der Waals surface area (Å²) in [5.41, 5.74) is 0.877. The van der Waals surface area contributed by atoms with Gasteiger partial charge in [0.2, 0.25) is 0 Å². The van der Waals surface area contributed by atoms with Crippen LogP contribution < -0.4 is 5.32 Å². The number of halogens is 4. The van der Waals surface area contributed by atoms with Gasteiger partial charge in [0, 0.05) is 16.9 Å². The smallest absolute Gasteiger partial charge is 0.317 e. The summed E-state index contributed by atoms with van der Waals surface area (Å²) >= 11 is 1.60. The lowest BCUT2D eigenvalue weighted by Gasteiger charge is -2.20. The van der Waals surface area contributed by atoms with Crippen molar-refractivity contribution in [1.29, 1.82) is 0 Å². The van der Waals surface area contributed by atoms with Crippen LogP contribution in [0, 0.1) is 0 Å². The van der Waals surface area contributed by atoms with E-state index in [4.69, 9.17) is 0 Å². The van der Waals surface area contributed by atoms with Crippen molar-refractivity contribution in [3.05, 3.63) is 40.2 Å². The van der Waals surface area contributed by atoms with E-state index in [0.29, 0.717) is 5.92 Å². The predicted molar refractivity (Wildman–Crippen MR) is 87.7 cm³/mol. The van der Waals surface area contributed by atoms with E-state index >= 15 is 0 Å². The Kier molecular flexibility index (Phi) is 5.63. The molecule has 2 heterocycles. The van der Waals surface area contributed by atoms with Gasteiger partial charge in [0.1, 0.15) is 0 Å². The zero-order valence-corrected chi connectivity index (χ0v) is 14.2. The van der Waals surface area contributed by atoms with Gasteiger partial charge >= 0.3 is 6.18 Å². The average molecular weight is 393 g/mol. The molecule has 2 aromatic rings. The molecule has 1 aromatic heterocycles. The van der Waals surface area contributed by atoms with Crippen LogP contribution in [-0.4, -0.2) is 18.1 Å². The first-order valence-electron chi connectivity index (χ1n) is 6.88. The van der Waals surface area contributed by atoms with Crippen LogP contribution in [0.3, 0.4) is 0 Å². The van der Waals surface area contributed by atoms with E-state index in [1.807, 2.05) is 5.38 Å². The van der Waals surface area contributed by atoms with Crippen molar-refractivity contribution in [2.75, 3.05) is 13.1 Å². The standard InChI is InChI=1S/C15H15F3N2S.BrH/c16-15(17,18)12-3-1-10(2-4-12)13-9-21-14(20-13)11-5-7-19-8-6-11;/h1-4,9,11,19H,5-8H2;1H. The number of hydrogen-bond donors (Lipinski definition) is 1. The number of hydrogen-bond acceptors (Lipinski definition) is 3. The quantitative estimate of drug-likeness (QED) is 0.787. The maximum Gasteiger partial charge on any atom is 0.416 e. The van der Waals surface area contributed by atoms with E-state index < -0.39 is 11.7 Å². The molecule has 1 aliphatic rings. The van der Waals surface area contributed by atoms with E-state index in [1.165, 1.54) is 12.1 Å². The third-order valence-corrected chi connectivity index (χ3v) is 4.73. The molecule has 0 amide bonds. The fourth-order valence-corrected chi connectivity index (χ4v) is 3.51. The van der Waals surface area contributed by atoms with Gasteiger partial charge in [0.15, 0.2) is 0 Å². The first-order valence-corrected chi connectivity index (χ1v) is 7.76. The highest BCUT2D eigenvalue weighted by molar-refractivity contribution is 8.93. The van der Waals surface area contributed by atoms with Crippen molar-refractivity contribution in [3.8, 4) is 11.3 Å². The number of nitrogens with one attached hydrogen (secondary N) is 1. The van der Waals surface area contributed by atoms with Gasteiger partial charge in [-0.05, 0) is 38.1 Å². The third kappa shape index (κ3) is 3.88. The van der Waals surface area contributed by atoms with Gasteiger partial charge in [-0.25, -0.2) is 4.98 Å². The molecule has 0 unspecified atom stereocenters. The van der Waals surface area contributed by atoms with E-state index in [2.05, 4.69) is 10.3 Å². The molecule has 1 N–H and O–H groups in total. The summed E-state index contributed by atoms with van der Waals surface area (Å²) in [4.78, 5) is 4.61. The van der Waals surface area contributed by atoms with Gasteiger partial charge in [0.25, 0.3) is 0 Å². The maximum absolute atomic E-state index is 12.5. The number of rotatable bonds is 2. The van der Waals surface area contributed by atoms with Gasteiger partial charge in [-0.2, -0.15) is 13.2 Å². The van der Waals surface area contributed by atoms with E-state index in [9.17, 15) is 13.2 Å². The Morgan fingerprint density at radius 2 is 1.73 bits per heavy atom. The summed E-state index contributed by atoms with van der Waals surface area (Å²) in [5.74, 6) is 0.472. The van der Waals surface area contributed by atoms with Crippen LogP contribution in [-0.2, 0) is 6.18 Å². The minimum atomic E-state index is -4.29. The number of thiazole rings is 1. The molecule has 0 spiro atoms. The third-order valence-electron chi connectivity index (χ3n) is 3.72. The van der Waals surface area contributed by atoms with E-state index in [-0.39, 0.29) is 17.0 Å². The second-order valence-electron chi connectivity index (χ2n) is 5.17. The maximum atomic E-state index is 12.5. The fraction of sp³-hybridized carbons (Fsp3) is 0.400. The molecular formula is C15H16BrF3N2S. The lowest BCUT2D eigenvalue weighted by molar-refractivity contribution is -0.137. The highest BCUT2D eigenvalue weighted by Gasteiger charge is 2.30. The Hall–Kier alpha value is -0.920. The molecule has 1 aliphatic heterocycles. The number of piperidine rings is 1. The van der Waals surface area contributed by atoms with E-state index in [0.717, 1.165) is 54.3 Å². The molecule has 22 heavy (non-hydrogen) atoms. The molecule has 1 saturated heterocycles. The highest BCUT2D eigenvalue weighted by atomic mass is 79.9. The van der Waals surface area contributed by atoms with Crippen molar-refractivity contribution in [1.82, 2.24) is 10.3 Å². The number of nitrogens with zero attached hydrogens (tertiary/aromatic N) is 1. The molecule has 1 fully saturated rings. The zero-order valence-electron chi connectivity index (χ0n) is 11.7. The molecule has 7 heteroatoms. The number of aromatic nitrogens is 1. The molecule has 1 aromatic carbocycles. The van der Waals surface area contributed by atoms with E-state index in [1.54, 1.807) is 11.3 Å². The summed E-state index contributed by atoms with van der Waals surface area (Å²) in [6.07, 6.45) is -2.15. The largest absolute Gasteiger partial charge is 0.416 e. The average Bonchev–Trinajstić information content (AvgIpc) is 2.97. The monoisotopic (exact) mass is 392 g/mol. The lowest BCUT2D eigenvalue weighted by Crippen LogP contribution is -2.26. The second-order valence-corrected chi connectivity index (χ2v) is 6.06. The Labute approximate surface area is 141 Å². The van der Waals surface area contributed by atoms with Gasteiger partial charge in [0.05, 0.1) is 16.3 Å². The van der Waals surface area contributed by atoms with Crippen LogP contribution in [0.15, 0.2) is 29.6 Å². The fourth-order valence-electron chi connectivity index (χ4n) is 2.51. The normalized spacial score (nSPS) is 16.3. The minimum Gasteiger partial charge on any atom is -0.317 e. The number of alkyl halides is 3. The molecule has 120 valence electrons. The first-order chi connectivity index (χ1) is 10.0. The molecule has 0 aliphatic carbocycles. The summed E-state index contributed by atoms with van der Waals surface area (Å²) < 4.78 is 37.6. The Morgan fingerprint density at radius 3 is 2.32 bits per heavy atom. The van der Waals surface area contributed by atoms with Crippen molar-refractivity contribution >= 4 is 28.3 Å². The zero-order chi connectivity index (χ0) is 14.9. The molecule has 0 radical (unpaired) electrons. The molecule has 0 atom stereocenters. The predicted octanol–water partition coefficient (Wildman–Crippen LogP) is 4.87.